The van der Waals surface area contributed by atoms with Gasteiger partial charge in [-0.3, -0.25) is 9.69 Å². The zero-order valence-electron chi connectivity index (χ0n) is 12.3. The van der Waals surface area contributed by atoms with Crippen LogP contribution < -0.4 is 0 Å². The van der Waals surface area contributed by atoms with Crippen molar-refractivity contribution < 1.29 is 14.3 Å². The quantitative estimate of drug-likeness (QED) is 0.770. The van der Waals surface area contributed by atoms with Gasteiger partial charge in [0.15, 0.2) is 5.78 Å². The van der Waals surface area contributed by atoms with Gasteiger partial charge in [0.2, 0.25) is 0 Å². The van der Waals surface area contributed by atoms with Crippen molar-refractivity contribution in [3.63, 3.8) is 0 Å². The summed E-state index contributed by atoms with van der Waals surface area (Å²) >= 11 is 0. The van der Waals surface area contributed by atoms with E-state index >= 15 is 0 Å². The second-order valence-electron chi connectivity index (χ2n) is 5.88. The van der Waals surface area contributed by atoms with Crippen molar-refractivity contribution in [3.05, 3.63) is 0 Å². The molecule has 0 bridgehead atoms. The predicted molar refractivity (Wildman–Crippen MR) is 70.4 cm³/mol. The van der Waals surface area contributed by atoms with Crippen molar-refractivity contribution >= 4 is 11.9 Å². The van der Waals surface area contributed by atoms with Gasteiger partial charge in [0, 0.05) is 6.54 Å². The highest BCUT2D eigenvalue weighted by Crippen LogP contribution is 2.36. The maximum absolute atomic E-state index is 12.3. The van der Waals surface area contributed by atoms with Crippen molar-refractivity contribution in [2.24, 2.45) is 5.92 Å². The number of carbonyl (C=O) groups excluding carboxylic acids is 2. The molecule has 5 nitrogen and oxygen atoms in total. The molecule has 0 N–H and O–H groups in total. The molecule has 0 aliphatic carbocycles. The lowest BCUT2D eigenvalue weighted by Gasteiger charge is -2.36. The smallest absolute Gasteiger partial charge is 0.411 e. The van der Waals surface area contributed by atoms with E-state index in [1.54, 1.807) is 20.8 Å². The minimum Gasteiger partial charge on any atom is -0.444 e. The van der Waals surface area contributed by atoms with Gasteiger partial charge in [-0.05, 0) is 33.6 Å². The number of hydrogen-bond donors (Lipinski definition) is 0. The fourth-order valence-corrected chi connectivity index (χ4v) is 2.54. The van der Waals surface area contributed by atoms with Crippen molar-refractivity contribution in [2.45, 2.75) is 58.6 Å². The van der Waals surface area contributed by atoms with Crippen LogP contribution in [0.1, 0.15) is 47.5 Å². The highest BCUT2D eigenvalue weighted by Gasteiger charge is 2.54. The molecule has 1 rings (SSSR count). The fraction of sp³-hybridized carbons (Fsp3) is 0.786. The fourth-order valence-electron chi connectivity index (χ4n) is 2.54. The Hall–Kier alpha value is -1.57. The molecule has 0 radical (unpaired) electrons. The van der Waals surface area contributed by atoms with Crippen LogP contribution >= 0.6 is 0 Å². The first-order chi connectivity index (χ1) is 8.71. The number of likely N-dealkylation sites (tertiary alicyclic amines) is 1. The van der Waals surface area contributed by atoms with E-state index in [2.05, 4.69) is 0 Å². The lowest BCUT2D eigenvalue weighted by atomic mass is 9.86. The number of rotatable bonds is 2. The molecular weight excluding hydrogens is 244 g/mol. The Morgan fingerprint density at radius 3 is 2.37 bits per heavy atom. The van der Waals surface area contributed by atoms with Gasteiger partial charge in [-0.25, -0.2) is 4.79 Å². The molecule has 0 aromatic rings. The number of amides is 1. The van der Waals surface area contributed by atoms with E-state index in [1.165, 1.54) is 4.90 Å². The van der Waals surface area contributed by atoms with Gasteiger partial charge >= 0.3 is 6.09 Å². The Kier molecular flexibility index (Phi) is 4.24. The molecular formula is C14H22N2O3. The summed E-state index contributed by atoms with van der Waals surface area (Å²) in [7, 11) is 0. The van der Waals surface area contributed by atoms with E-state index in [0.29, 0.717) is 12.8 Å². The molecule has 106 valence electrons. The number of carbonyl (C=O) groups is 2. The summed E-state index contributed by atoms with van der Waals surface area (Å²) in [5.74, 6) is -0.904. The van der Waals surface area contributed by atoms with Crippen molar-refractivity contribution in [3.8, 4) is 6.07 Å². The van der Waals surface area contributed by atoms with Crippen LogP contribution in [0.15, 0.2) is 0 Å². The molecule has 1 fully saturated rings. The largest absolute Gasteiger partial charge is 0.444 e. The zero-order valence-corrected chi connectivity index (χ0v) is 12.3. The number of hydrogen-bond acceptors (Lipinski definition) is 4. The maximum Gasteiger partial charge on any atom is 0.411 e. The Bertz CT molecular complexity index is 413. The third-order valence-electron chi connectivity index (χ3n) is 3.60. The van der Waals surface area contributed by atoms with Crippen LogP contribution in [-0.4, -0.2) is 34.5 Å². The molecule has 1 unspecified atom stereocenters. The topological polar surface area (TPSA) is 70.4 Å². The summed E-state index contributed by atoms with van der Waals surface area (Å²) in [5.41, 5.74) is -1.50. The lowest BCUT2D eigenvalue weighted by molar-refractivity contribution is -0.127. The average Bonchev–Trinajstić information content (AvgIpc) is 2.60. The molecule has 1 aliphatic rings. The van der Waals surface area contributed by atoms with Crippen LogP contribution in [0.25, 0.3) is 0 Å². The molecule has 1 aliphatic heterocycles. The number of ether oxygens (including phenoxy) is 1. The molecule has 1 saturated heterocycles. The zero-order chi connectivity index (χ0) is 14.8. The monoisotopic (exact) mass is 266 g/mol. The Morgan fingerprint density at radius 1 is 1.47 bits per heavy atom. The third-order valence-corrected chi connectivity index (χ3v) is 3.60. The molecule has 1 amide bonds. The average molecular weight is 266 g/mol. The van der Waals surface area contributed by atoms with Crippen LogP contribution in [0.4, 0.5) is 4.79 Å². The molecule has 0 aromatic heterocycles. The first kappa shape index (κ1) is 15.5. The van der Waals surface area contributed by atoms with Gasteiger partial charge in [0.25, 0.3) is 0 Å². The standard InChI is InChI=1S/C14H22N2O3/c1-6-14(7-2)11(17)10(8-15)9-16(14)12(18)19-13(3,4)5/h10H,6-7,9H2,1-5H3. The molecule has 1 atom stereocenters. The maximum atomic E-state index is 12.3. The second kappa shape index (κ2) is 5.20. The summed E-state index contributed by atoms with van der Waals surface area (Å²) in [5, 5.41) is 9.04. The van der Waals surface area contributed by atoms with Crippen molar-refractivity contribution in [2.75, 3.05) is 6.54 Å². The summed E-state index contributed by atoms with van der Waals surface area (Å²) in [6.45, 7) is 9.20. The predicted octanol–water partition coefficient (Wildman–Crippen LogP) is 2.50. The Balaban J connectivity index is 3.08. The Labute approximate surface area is 114 Å². The van der Waals surface area contributed by atoms with Crippen LogP contribution in [0.5, 0.6) is 0 Å². The van der Waals surface area contributed by atoms with E-state index in [1.807, 2.05) is 19.9 Å². The highest BCUT2D eigenvalue weighted by atomic mass is 16.6. The summed E-state index contributed by atoms with van der Waals surface area (Å²) in [4.78, 5) is 26.0. The van der Waals surface area contributed by atoms with Crippen LogP contribution in [-0.2, 0) is 9.53 Å². The van der Waals surface area contributed by atoms with Crippen molar-refractivity contribution in [1.29, 1.82) is 5.26 Å². The van der Waals surface area contributed by atoms with Crippen molar-refractivity contribution in [1.82, 2.24) is 4.90 Å². The summed E-state index contributed by atoms with van der Waals surface area (Å²) in [6.07, 6.45) is 0.488. The van der Waals surface area contributed by atoms with E-state index in [-0.39, 0.29) is 12.3 Å². The van der Waals surface area contributed by atoms with Crippen LogP contribution in [0.2, 0.25) is 0 Å². The first-order valence-electron chi connectivity index (χ1n) is 6.66. The van der Waals surface area contributed by atoms with Gasteiger partial charge in [-0.15, -0.1) is 0 Å². The SMILES string of the molecule is CCC1(CC)C(=O)C(C#N)CN1C(=O)OC(C)(C)C. The van der Waals surface area contributed by atoms with Gasteiger partial charge in [-0.2, -0.15) is 5.26 Å². The number of Topliss-reactive ketones (excluding diaryl/α,β-unsaturated/α-hetero) is 1. The van der Waals surface area contributed by atoms with E-state index in [4.69, 9.17) is 10.00 Å². The number of nitriles is 1. The molecule has 0 saturated carbocycles. The molecule has 0 spiro atoms. The number of ketones is 1. The normalized spacial score (nSPS) is 22.2. The van der Waals surface area contributed by atoms with Crippen LogP contribution in [0, 0.1) is 17.2 Å². The second-order valence-corrected chi connectivity index (χ2v) is 5.88. The van der Waals surface area contributed by atoms with Gasteiger partial charge in [0.05, 0.1) is 6.07 Å². The van der Waals surface area contributed by atoms with Gasteiger partial charge in [-0.1, -0.05) is 13.8 Å². The minimum absolute atomic E-state index is 0.131. The van der Waals surface area contributed by atoms with E-state index < -0.39 is 23.2 Å². The summed E-state index contributed by atoms with van der Waals surface area (Å²) in [6, 6.07) is 1.99. The van der Waals surface area contributed by atoms with E-state index in [0.717, 1.165) is 0 Å². The number of nitrogens with zero attached hydrogens (tertiary/aromatic N) is 2. The van der Waals surface area contributed by atoms with Gasteiger partial charge in [0.1, 0.15) is 17.1 Å². The highest BCUT2D eigenvalue weighted by molar-refractivity contribution is 5.98. The first-order valence-corrected chi connectivity index (χ1v) is 6.66. The molecule has 19 heavy (non-hydrogen) atoms. The minimum atomic E-state index is -0.886. The third kappa shape index (κ3) is 2.73. The Morgan fingerprint density at radius 2 is 2.00 bits per heavy atom. The van der Waals surface area contributed by atoms with Crippen LogP contribution in [0.3, 0.4) is 0 Å². The molecule has 1 heterocycles. The summed E-state index contributed by atoms with van der Waals surface area (Å²) < 4.78 is 5.35. The van der Waals surface area contributed by atoms with Gasteiger partial charge < -0.3 is 4.74 Å². The van der Waals surface area contributed by atoms with E-state index in [9.17, 15) is 9.59 Å². The molecule has 5 heteroatoms. The molecule has 0 aromatic carbocycles. The lowest BCUT2D eigenvalue weighted by Crippen LogP contribution is -2.51.